The Morgan fingerprint density at radius 3 is 2.62 bits per heavy atom. The predicted octanol–water partition coefficient (Wildman–Crippen LogP) is 0.851. The van der Waals surface area contributed by atoms with Gasteiger partial charge in [0.15, 0.2) is 0 Å². The van der Waals surface area contributed by atoms with Gasteiger partial charge in [-0.1, -0.05) is 13.0 Å². The van der Waals surface area contributed by atoms with Gasteiger partial charge < -0.3 is 16.0 Å². The molecule has 0 saturated carbocycles. The van der Waals surface area contributed by atoms with Gasteiger partial charge in [-0.3, -0.25) is 4.99 Å². The second kappa shape index (κ2) is 9.36. The van der Waals surface area contributed by atoms with E-state index in [9.17, 15) is 0 Å². The summed E-state index contributed by atoms with van der Waals surface area (Å²) in [4.78, 5) is 6.52. The predicted molar refractivity (Wildman–Crippen MR) is 72.0 cm³/mol. The van der Waals surface area contributed by atoms with Gasteiger partial charge in [0.25, 0.3) is 0 Å². The van der Waals surface area contributed by atoms with Crippen LogP contribution < -0.4 is 11.1 Å². The molecule has 0 rings (SSSR count). The van der Waals surface area contributed by atoms with E-state index in [1.165, 1.54) is 6.42 Å². The van der Waals surface area contributed by atoms with E-state index in [1.54, 1.807) is 7.05 Å². The van der Waals surface area contributed by atoms with Crippen LogP contribution in [0.4, 0.5) is 0 Å². The number of hydrogen-bond acceptors (Lipinski definition) is 3. The minimum atomic E-state index is 0.558. The van der Waals surface area contributed by atoms with Crippen molar-refractivity contribution in [1.29, 1.82) is 0 Å². The molecule has 0 aromatic heterocycles. The van der Waals surface area contributed by atoms with Gasteiger partial charge in [0.05, 0.1) is 0 Å². The summed E-state index contributed by atoms with van der Waals surface area (Å²) in [5.41, 5.74) is 6.58. The molecule has 0 spiro atoms. The summed E-state index contributed by atoms with van der Waals surface area (Å²) in [7, 11) is 3.93. The Balaban J connectivity index is 3.94. The van der Waals surface area contributed by atoms with Crippen LogP contribution in [-0.2, 0) is 0 Å². The average Bonchev–Trinajstić information content (AvgIpc) is 2.25. The Kier molecular flexibility index (Phi) is 8.85. The summed E-state index contributed by atoms with van der Waals surface area (Å²) < 4.78 is 0. The monoisotopic (exact) mass is 226 g/mol. The van der Waals surface area contributed by atoms with Crippen molar-refractivity contribution in [2.24, 2.45) is 10.7 Å². The van der Waals surface area contributed by atoms with Crippen LogP contribution in [-0.4, -0.2) is 51.0 Å². The van der Waals surface area contributed by atoms with Crippen LogP contribution in [0, 0.1) is 0 Å². The first kappa shape index (κ1) is 15.1. The average molecular weight is 226 g/mol. The van der Waals surface area contributed by atoms with Gasteiger partial charge in [0.1, 0.15) is 5.84 Å². The molecular formula is C12H26N4. The maximum atomic E-state index is 5.47. The molecule has 0 aliphatic carbocycles. The molecule has 0 saturated heterocycles. The van der Waals surface area contributed by atoms with Gasteiger partial charge in [0.2, 0.25) is 0 Å². The first-order valence-corrected chi connectivity index (χ1v) is 5.92. The fourth-order valence-corrected chi connectivity index (χ4v) is 1.53. The van der Waals surface area contributed by atoms with Crippen molar-refractivity contribution in [3.05, 3.63) is 11.6 Å². The number of nitrogens with two attached hydrogens (primary N) is 1. The maximum Gasteiger partial charge on any atom is 0.123 e. The van der Waals surface area contributed by atoms with E-state index < -0.39 is 0 Å². The molecule has 3 N–H and O–H groups in total. The molecule has 0 aromatic carbocycles. The van der Waals surface area contributed by atoms with Crippen LogP contribution in [0.1, 0.15) is 20.3 Å². The first-order valence-electron chi connectivity index (χ1n) is 5.92. The minimum Gasteiger partial charge on any atom is -0.369 e. The second-order valence-electron chi connectivity index (χ2n) is 3.93. The number of hydrogen-bond donors (Lipinski definition) is 2. The highest BCUT2D eigenvalue weighted by Gasteiger charge is 2.01. The summed E-state index contributed by atoms with van der Waals surface area (Å²) >= 11 is 0. The van der Waals surface area contributed by atoms with Crippen molar-refractivity contribution < 1.29 is 0 Å². The van der Waals surface area contributed by atoms with Gasteiger partial charge in [-0.05, 0) is 32.5 Å². The zero-order valence-corrected chi connectivity index (χ0v) is 11.1. The number of nitrogens with one attached hydrogen (secondary N) is 1. The van der Waals surface area contributed by atoms with E-state index in [4.69, 9.17) is 5.73 Å². The van der Waals surface area contributed by atoms with Crippen molar-refractivity contribution in [3.8, 4) is 0 Å². The quantitative estimate of drug-likeness (QED) is 0.500. The van der Waals surface area contributed by atoms with Crippen molar-refractivity contribution >= 4 is 5.84 Å². The van der Waals surface area contributed by atoms with Gasteiger partial charge in [-0.15, -0.1) is 0 Å². The third kappa shape index (κ3) is 6.58. The SMILES string of the molecule is CCCN(C)CCNC(=N/C)/C(C)=C\CN. The Hall–Kier alpha value is -0.870. The lowest BCUT2D eigenvalue weighted by Gasteiger charge is -2.17. The zero-order chi connectivity index (χ0) is 12.4. The van der Waals surface area contributed by atoms with Crippen LogP contribution in [0.5, 0.6) is 0 Å². The van der Waals surface area contributed by atoms with Gasteiger partial charge >= 0.3 is 0 Å². The highest BCUT2D eigenvalue weighted by Crippen LogP contribution is 1.93. The summed E-state index contributed by atoms with van der Waals surface area (Å²) in [5, 5.41) is 3.33. The fourth-order valence-electron chi connectivity index (χ4n) is 1.53. The van der Waals surface area contributed by atoms with Crippen LogP contribution in [0.3, 0.4) is 0 Å². The standard InChI is InChI=1S/C12H26N4/c1-5-9-16(4)10-8-15-12(14-3)11(2)6-7-13/h6H,5,7-10,13H2,1-4H3,(H,14,15)/b11-6-. The molecule has 0 aliphatic rings. The molecule has 0 unspecified atom stereocenters. The van der Waals surface area contributed by atoms with Crippen molar-refractivity contribution in [2.75, 3.05) is 40.3 Å². The lowest BCUT2D eigenvalue weighted by atomic mass is 10.2. The minimum absolute atomic E-state index is 0.558. The van der Waals surface area contributed by atoms with Crippen LogP contribution >= 0.6 is 0 Å². The van der Waals surface area contributed by atoms with E-state index in [0.717, 1.165) is 31.0 Å². The smallest absolute Gasteiger partial charge is 0.123 e. The van der Waals surface area contributed by atoms with Gasteiger partial charge in [0, 0.05) is 26.7 Å². The van der Waals surface area contributed by atoms with E-state index >= 15 is 0 Å². The van der Waals surface area contributed by atoms with E-state index in [2.05, 4.69) is 29.2 Å². The lowest BCUT2D eigenvalue weighted by Crippen LogP contribution is -2.34. The van der Waals surface area contributed by atoms with Gasteiger partial charge in [-0.2, -0.15) is 0 Å². The maximum absolute atomic E-state index is 5.47. The number of amidine groups is 1. The lowest BCUT2D eigenvalue weighted by molar-refractivity contribution is 0.339. The second-order valence-corrected chi connectivity index (χ2v) is 3.93. The molecule has 0 aromatic rings. The van der Waals surface area contributed by atoms with Gasteiger partial charge in [-0.25, -0.2) is 0 Å². The topological polar surface area (TPSA) is 53.6 Å². The van der Waals surface area contributed by atoms with Crippen molar-refractivity contribution in [3.63, 3.8) is 0 Å². The van der Waals surface area contributed by atoms with Crippen molar-refractivity contribution in [1.82, 2.24) is 10.2 Å². The molecule has 0 aliphatic heterocycles. The van der Waals surface area contributed by atoms with Crippen molar-refractivity contribution in [2.45, 2.75) is 20.3 Å². The first-order chi connectivity index (χ1) is 7.65. The summed E-state index contributed by atoms with van der Waals surface area (Å²) in [6.07, 6.45) is 3.17. The molecule has 4 nitrogen and oxygen atoms in total. The molecule has 0 heterocycles. The number of nitrogens with zero attached hydrogens (tertiary/aromatic N) is 2. The molecular weight excluding hydrogens is 200 g/mol. The summed E-state index contributed by atoms with van der Waals surface area (Å²) in [5.74, 6) is 0.940. The normalized spacial score (nSPS) is 13.4. The third-order valence-electron chi connectivity index (χ3n) is 2.41. The Labute approximate surface area is 99.6 Å². The number of aliphatic imine (C=N–C) groups is 1. The van der Waals surface area contributed by atoms with Crippen LogP contribution in [0.25, 0.3) is 0 Å². The molecule has 0 atom stereocenters. The van der Waals surface area contributed by atoms with E-state index in [0.29, 0.717) is 6.54 Å². The summed E-state index contributed by atoms with van der Waals surface area (Å²) in [6.45, 7) is 7.86. The fraction of sp³-hybridized carbons (Fsp3) is 0.750. The Morgan fingerprint density at radius 2 is 2.12 bits per heavy atom. The molecule has 94 valence electrons. The van der Waals surface area contributed by atoms with Crippen LogP contribution in [0.2, 0.25) is 0 Å². The Bertz CT molecular complexity index is 233. The zero-order valence-electron chi connectivity index (χ0n) is 11.1. The molecule has 0 bridgehead atoms. The highest BCUT2D eigenvalue weighted by atomic mass is 15.1. The molecule has 0 radical (unpaired) electrons. The highest BCUT2D eigenvalue weighted by molar-refractivity contribution is 5.97. The van der Waals surface area contributed by atoms with E-state index in [-0.39, 0.29) is 0 Å². The largest absolute Gasteiger partial charge is 0.369 e. The Morgan fingerprint density at radius 1 is 1.44 bits per heavy atom. The van der Waals surface area contributed by atoms with Crippen LogP contribution in [0.15, 0.2) is 16.6 Å². The molecule has 0 amide bonds. The van der Waals surface area contributed by atoms with E-state index in [1.807, 2.05) is 13.0 Å². The number of likely N-dealkylation sites (N-methyl/N-ethyl adjacent to an activating group) is 1. The molecule has 16 heavy (non-hydrogen) atoms. The molecule has 4 heteroatoms. The summed E-state index contributed by atoms with van der Waals surface area (Å²) in [6, 6.07) is 0. The number of rotatable bonds is 7. The molecule has 0 fully saturated rings. The third-order valence-corrected chi connectivity index (χ3v) is 2.41.